The number of carbonyl (C=O) groups is 1. The van der Waals surface area contributed by atoms with Crippen molar-refractivity contribution in [3.63, 3.8) is 0 Å². The molecule has 1 heterocycles. The van der Waals surface area contributed by atoms with Crippen LogP contribution in [0.15, 0.2) is 83.3 Å². The highest BCUT2D eigenvalue weighted by atomic mass is 35.5. The molecule has 2 amide bonds. The quantitative estimate of drug-likeness (QED) is 0.441. The smallest absolute Gasteiger partial charge is 0.320 e. The minimum absolute atomic E-state index is 0.260. The van der Waals surface area contributed by atoms with Crippen LogP contribution >= 0.6 is 11.6 Å². The Morgan fingerprint density at radius 3 is 2.40 bits per heavy atom. The number of rotatable bonds is 5. The summed E-state index contributed by atoms with van der Waals surface area (Å²) in [7, 11) is 0. The fraction of sp³-hybridized carbons (Fsp3) is 0.0870. The van der Waals surface area contributed by atoms with Crippen LogP contribution in [0.4, 0.5) is 10.5 Å². The highest BCUT2D eigenvalue weighted by Crippen LogP contribution is 2.29. The summed E-state index contributed by atoms with van der Waals surface area (Å²) in [6.07, 6.45) is 0. The molecular formula is C23H19ClN4O2. The fourth-order valence-corrected chi connectivity index (χ4v) is 3.25. The van der Waals surface area contributed by atoms with Gasteiger partial charge in [-0.1, -0.05) is 72.3 Å². The molecule has 4 aromatic rings. The molecule has 150 valence electrons. The van der Waals surface area contributed by atoms with Gasteiger partial charge in [0.1, 0.15) is 6.04 Å². The van der Waals surface area contributed by atoms with Crippen LogP contribution in [0.25, 0.3) is 11.5 Å². The predicted octanol–water partition coefficient (Wildman–Crippen LogP) is 5.61. The van der Waals surface area contributed by atoms with Crippen molar-refractivity contribution >= 4 is 23.3 Å². The number of aryl methyl sites for hydroxylation is 1. The summed E-state index contributed by atoms with van der Waals surface area (Å²) in [5.74, 6) is 0.550. The van der Waals surface area contributed by atoms with Gasteiger partial charge in [-0.15, -0.1) is 10.2 Å². The number of nitrogens with zero attached hydrogens (tertiary/aromatic N) is 2. The van der Waals surface area contributed by atoms with E-state index < -0.39 is 6.04 Å². The first-order valence-corrected chi connectivity index (χ1v) is 9.76. The summed E-state index contributed by atoms with van der Waals surface area (Å²) in [6, 6.07) is 23.2. The maximum absolute atomic E-state index is 12.7. The Morgan fingerprint density at radius 1 is 0.933 bits per heavy atom. The molecule has 6 nitrogen and oxygen atoms in total. The van der Waals surface area contributed by atoms with Crippen LogP contribution in [-0.4, -0.2) is 16.2 Å². The first kappa shape index (κ1) is 19.7. The van der Waals surface area contributed by atoms with Gasteiger partial charge >= 0.3 is 6.03 Å². The van der Waals surface area contributed by atoms with Crippen LogP contribution in [0.3, 0.4) is 0 Å². The largest absolute Gasteiger partial charge is 0.418 e. The molecule has 0 aliphatic heterocycles. The Labute approximate surface area is 178 Å². The number of benzene rings is 3. The maximum Gasteiger partial charge on any atom is 0.320 e. The number of halogens is 1. The minimum Gasteiger partial charge on any atom is -0.418 e. The van der Waals surface area contributed by atoms with Crippen molar-refractivity contribution < 1.29 is 9.21 Å². The number of hydrogen-bond donors (Lipinski definition) is 2. The fourth-order valence-electron chi connectivity index (χ4n) is 3.03. The van der Waals surface area contributed by atoms with E-state index in [0.29, 0.717) is 10.6 Å². The van der Waals surface area contributed by atoms with Gasteiger partial charge < -0.3 is 15.1 Å². The molecule has 0 aliphatic rings. The summed E-state index contributed by atoms with van der Waals surface area (Å²) in [6.45, 7) is 1.93. The minimum atomic E-state index is -0.626. The molecule has 1 aromatic heterocycles. The number of hydrogen-bond acceptors (Lipinski definition) is 4. The lowest BCUT2D eigenvalue weighted by atomic mass is 10.1. The van der Waals surface area contributed by atoms with Crippen molar-refractivity contribution in [3.05, 3.63) is 101 Å². The molecular weight excluding hydrogens is 400 g/mol. The Balaban J connectivity index is 1.62. The summed E-state index contributed by atoms with van der Waals surface area (Å²) >= 11 is 6.25. The third-order valence-electron chi connectivity index (χ3n) is 4.59. The van der Waals surface area contributed by atoms with Gasteiger partial charge in [0.2, 0.25) is 11.8 Å². The van der Waals surface area contributed by atoms with Crippen LogP contribution in [-0.2, 0) is 0 Å². The van der Waals surface area contributed by atoms with E-state index in [1.54, 1.807) is 12.1 Å². The molecule has 4 rings (SSSR count). The van der Waals surface area contributed by atoms with Gasteiger partial charge in [-0.3, -0.25) is 0 Å². The number of urea groups is 1. The molecule has 0 saturated carbocycles. The molecule has 1 atom stereocenters. The second-order valence-electron chi connectivity index (χ2n) is 6.68. The zero-order chi connectivity index (χ0) is 20.9. The summed E-state index contributed by atoms with van der Waals surface area (Å²) in [4.78, 5) is 12.7. The summed E-state index contributed by atoms with van der Waals surface area (Å²) in [5, 5.41) is 14.6. The zero-order valence-corrected chi connectivity index (χ0v) is 16.9. The molecule has 0 saturated heterocycles. The van der Waals surface area contributed by atoms with Crippen molar-refractivity contribution in [1.29, 1.82) is 0 Å². The lowest BCUT2D eigenvalue weighted by Crippen LogP contribution is -2.33. The number of aromatic nitrogens is 2. The summed E-state index contributed by atoms with van der Waals surface area (Å²) in [5.41, 5.74) is 3.13. The third kappa shape index (κ3) is 4.34. The van der Waals surface area contributed by atoms with E-state index in [0.717, 1.165) is 16.8 Å². The van der Waals surface area contributed by atoms with E-state index in [2.05, 4.69) is 20.8 Å². The molecule has 30 heavy (non-hydrogen) atoms. The molecule has 0 spiro atoms. The SMILES string of the molecule is Cc1ccccc1NC(=O)N[C@H](c1ccccc1)c1nnc(-c2ccccc2Cl)o1. The molecule has 0 bridgehead atoms. The van der Waals surface area contributed by atoms with Crippen molar-refractivity contribution in [2.24, 2.45) is 0 Å². The Hall–Kier alpha value is -3.64. The van der Waals surface area contributed by atoms with Gasteiger partial charge in [0.05, 0.1) is 10.6 Å². The normalized spacial score (nSPS) is 11.7. The first-order valence-electron chi connectivity index (χ1n) is 9.38. The number of carbonyl (C=O) groups excluding carboxylic acids is 1. The lowest BCUT2D eigenvalue weighted by Gasteiger charge is -2.17. The van der Waals surface area contributed by atoms with Crippen molar-refractivity contribution in [3.8, 4) is 11.5 Å². The average Bonchev–Trinajstić information content (AvgIpc) is 3.24. The second-order valence-corrected chi connectivity index (χ2v) is 7.09. The van der Waals surface area contributed by atoms with Gasteiger partial charge in [0.15, 0.2) is 0 Å². The highest BCUT2D eigenvalue weighted by molar-refractivity contribution is 6.33. The van der Waals surface area contributed by atoms with Crippen LogP contribution in [0.5, 0.6) is 0 Å². The van der Waals surface area contributed by atoms with E-state index in [-0.39, 0.29) is 17.8 Å². The number of nitrogens with one attached hydrogen (secondary N) is 2. The van der Waals surface area contributed by atoms with E-state index in [1.165, 1.54) is 0 Å². The lowest BCUT2D eigenvalue weighted by molar-refractivity contribution is 0.248. The van der Waals surface area contributed by atoms with Gasteiger partial charge in [-0.25, -0.2) is 4.79 Å². The number of amides is 2. The maximum atomic E-state index is 12.7. The Bertz CT molecular complexity index is 1160. The van der Waals surface area contributed by atoms with Gasteiger partial charge in [0.25, 0.3) is 0 Å². The van der Waals surface area contributed by atoms with Crippen LogP contribution < -0.4 is 10.6 Å². The van der Waals surface area contributed by atoms with Crippen LogP contribution in [0.2, 0.25) is 5.02 Å². The van der Waals surface area contributed by atoms with Gasteiger partial charge in [-0.2, -0.15) is 0 Å². The van der Waals surface area contributed by atoms with Crippen LogP contribution in [0.1, 0.15) is 23.1 Å². The molecule has 0 fully saturated rings. The first-order chi connectivity index (χ1) is 14.6. The van der Waals surface area contributed by atoms with Crippen molar-refractivity contribution in [2.75, 3.05) is 5.32 Å². The zero-order valence-electron chi connectivity index (χ0n) is 16.2. The standard InChI is InChI=1S/C23H19ClN4O2/c1-15-9-5-8-14-19(15)25-23(29)26-20(16-10-3-2-4-11-16)22-28-27-21(30-22)17-12-6-7-13-18(17)24/h2-14,20H,1H3,(H2,25,26,29)/t20-/m1/s1. The van der Waals surface area contributed by atoms with Crippen molar-refractivity contribution in [2.45, 2.75) is 13.0 Å². The molecule has 3 aromatic carbocycles. The average molecular weight is 419 g/mol. The molecule has 2 N–H and O–H groups in total. The van der Waals surface area contributed by atoms with Crippen LogP contribution in [0, 0.1) is 6.92 Å². The number of para-hydroxylation sites is 1. The topological polar surface area (TPSA) is 80.0 Å². The Morgan fingerprint density at radius 2 is 1.63 bits per heavy atom. The number of anilines is 1. The van der Waals surface area contributed by atoms with Gasteiger partial charge in [-0.05, 0) is 36.2 Å². The molecule has 0 radical (unpaired) electrons. The van der Waals surface area contributed by atoms with Gasteiger partial charge in [0, 0.05) is 5.69 Å². The molecule has 0 unspecified atom stereocenters. The van der Waals surface area contributed by atoms with Crippen molar-refractivity contribution in [1.82, 2.24) is 15.5 Å². The third-order valence-corrected chi connectivity index (χ3v) is 4.92. The Kier molecular flexibility index (Phi) is 5.77. The van der Waals surface area contributed by atoms with E-state index in [1.807, 2.05) is 73.7 Å². The van der Waals surface area contributed by atoms with E-state index >= 15 is 0 Å². The molecule has 0 aliphatic carbocycles. The predicted molar refractivity (Wildman–Crippen MR) is 116 cm³/mol. The monoisotopic (exact) mass is 418 g/mol. The van der Waals surface area contributed by atoms with E-state index in [9.17, 15) is 4.79 Å². The highest BCUT2D eigenvalue weighted by Gasteiger charge is 2.24. The summed E-state index contributed by atoms with van der Waals surface area (Å²) < 4.78 is 5.89. The molecule has 7 heteroatoms. The van der Waals surface area contributed by atoms with E-state index in [4.69, 9.17) is 16.0 Å². The second kappa shape index (κ2) is 8.80.